The van der Waals surface area contributed by atoms with Crippen LogP contribution in [0.4, 0.5) is 8.78 Å². The van der Waals surface area contributed by atoms with Crippen LogP contribution in [0.15, 0.2) is 24.3 Å². The molecule has 0 spiro atoms. The predicted molar refractivity (Wildman–Crippen MR) is 55.5 cm³/mol. The summed E-state index contributed by atoms with van der Waals surface area (Å²) in [6.07, 6.45) is -2.49. The number of alkyl halides is 3. The number of ether oxygens (including phenoxy) is 1. The Morgan fingerprint density at radius 1 is 1.33 bits per heavy atom. The maximum atomic E-state index is 11.9. The van der Waals surface area contributed by atoms with E-state index in [9.17, 15) is 8.78 Å². The van der Waals surface area contributed by atoms with Gasteiger partial charge in [0.1, 0.15) is 12.4 Å². The molecule has 0 aliphatic carbocycles. The first-order valence-corrected chi connectivity index (χ1v) is 4.82. The van der Waals surface area contributed by atoms with Gasteiger partial charge in [0.15, 0.2) is 0 Å². The third-order valence-corrected chi connectivity index (χ3v) is 1.68. The smallest absolute Gasteiger partial charge is 0.272 e. The fourth-order valence-electron chi connectivity index (χ4n) is 0.977. The molecule has 1 nitrogen and oxygen atoms in total. The highest BCUT2D eigenvalue weighted by molar-refractivity contribution is 6.19. The molecule has 0 aromatic heterocycles. The Balaban J connectivity index is 2.77. The Labute approximate surface area is 92.0 Å². The molecule has 0 aliphatic rings. The van der Waals surface area contributed by atoms with Gasteiger partial charge in [-0.3, -0.25) is 0 Å². The van der Waals surface area contributed by atoms with E-state index in [1.807, 2.05) is 0 Å². The molecule has 0 saturated carbocycles. The first-order chi connectivity index (χ1) is 7.24. The predicted octanol–water partition coefficient (Wildman–Crippen LogP) is 2.92. The van der Waals surface area contributed by atoms with Crippen LogP contribution in [0.2, 0.25) is 0 Å². The van der Waals surface area contributed by atoms with Gasteiger partial charge < -0.3 is 4.74 Å². The molecule has 0 unspecified atom stereocenters. The van der Waals surface area contributed by atoms with Crippen LogP contribution in [0.1, 0.15) is 5.56 Å². The minimum Gasteiger partial charge on any atom is -0.486 e. The van der Waals surface area contributed by atoms with Crippen molar-refractivity contribution >= 4 is 11.6 Å². The number of rotatable bonds is 3. The molecular formula is C11H9ClF2O. The largest absolute Gasteiger partial charge is 0.486 e. The number of hydrogen-bond acceptors (Lipinski definition) is 1. The van der Waals surface area contributed by atoms with Gasteiger partial charge in [0.2, 0.25) is 0 Å². The van der Waals surface area contributed by atoms with E-state index >= 15 is 0 Å². The summed E-state index contributed by atoms with van der Waals surface area (Å²) >= 11 is 5.40. The topological polar surface area (TPSA) is 9.23 Å². The highest BCUT2D eigenvalue weighted by atomic mass is 35.5. The number of halogens is 3. The molecule has 4 heteroatoms. The van der Waals surface area contributed by atoms with Gasteiger partial charge in [-0.1, -0.05) is 24.0 Å². The molecule has 0 atom stereocenters. The second-order valence-electron chi connectivity index (χ2n) is 2.63. The lowest BCUT2D eigenvalue weighted by atomic mass is 10.2. The molecule has 0 saturated heterocycles. The molecule has 0 bridgehead atoms. The Hall–Kier alpha value is -1.27. The average Bonchev–Trinajstić information content (AvgIpc) is 2.24. The summed E-state index contributed by atoms with van der Waals surface area (Å²) in [7, 11) is 0. The van der Waals surface area contributed by atoms with Crippen LogP contribution in [0, 0.1) is 11.8 Å². The fourth-order valence-corrected chi connectivity index (χ4v) is 1.04. The zero-order valence-electron chi connectivity index (χ0n) is 7.84. The third-order valence-electron chi connectivity index (χ3n) is 1.54. The minimum atomic E-state index is -2.49. The SMILES string of the molecule is FC(F)COc1ccccc1C#CCCl. The van der Waals surface area contributed by atoms with Crippen molar-refractivity contribution in [1.82, 2.24) is 0 Å². The van der Waals surface area contributed by atoms with Crippen molar-refractivity contribution in [2.75, 3.05) is 12.5 Å². The van der Waals surface area contributed by atoms with E-state index in [-0.39, 0.29) is 5.88 Å². The molecule has 0 heterocycles. The summed E-state index contributed by atoms with van der Waals surface area (Å²) < 4.78 is 28.7. The Morgan fingerprint density at radius 3 is 2.73 bits per heavy atom. The molecule has 0 aliphatic heterocycles. The Kier molecular flexibility index (Phi) is 4.92. The van der Waals surface area contributed by atoms with Gasteiger partial charge in [0, 0.05) is 0 Å². The Morgan fingerprint density at radius 2 is 2.07 bits per heavy atom. The molecular weight excluding hydrogens is 222 g/mol. The number of hydrogen-bond donors (Lipinski definition) is 0. The van der Waals surface area contributed by atoms with Crippen LogP contribution in [-0.2, 0) is 0 Å². The lowest BCUT2D eigenvalue weighted by Crippen LogP contribution is -2.07. The second kappa shape index (κ2) is 6.26. The summed E-state index contributed by atoms with van der Waals surface area (Å²) in [6, 6.07) is 6.75. The van der Waals surface area contributed by atoms with Gasteiger partial charge in [-0.25, -0.2) is 8.78 Å². The molecule has 80 valence electrons. The van der Waals surface area contributed by atoms with Crippen LogP contribution in [-0.4, -0.2) is 18.9 Å². The highest BCUT2D eigenvalue weighted by Gasteiger charge is 2.05. The van der Waals surface area contributed by atoms with Crippen molar-refractivity contribution in [2.24, 2.45) is 0 Å². The molecule has 1 aromatic rings. The molecule has 1 aromatic carbocycles. The van der Waals surface area contributed by atoms with E-state index in [1.165, 1.54) is 0 Å². The quantitative estimate of drug-likeness (QED) is 0.573. The average molecular weight is 231 g/mol. The summed E-state index contributed by atoms with van der Waals surface area (Å²) in [4.78, 5) is 0. The van der Waals surface area contributed by atoms with E-state index in [2.05, 4.69) is 11.8 Å². The molecule has 1 rings (SSSR count). The van der Waals surface area contributed by atoms with Crippen molar-refractivity contribution in [3.8, 4) is 17.6 Å². The molecule has 0 N–H and O–H groups in total. The van der Waals surface area contributed by atoms with E-state index < -0.39 is 13.0 Å². The van der Waals surface area contributed by atoms with Gasteiger partial charge in [0.05, 0.1) is 11.4 Å². The minimum absolute atomic E-state index is 0.198. The summed E-state index contributed by atoms with van der Waals surface area (Å²) in [6.45, 7) is -0.625. The van der Waals surface area contributed by atoms with Crippen LogP contribution in [0.25, 0.3) is 0 Å². The second-order valence-corrected chi connectivity index (χ2v) is 2.90. The van der Waals surface area contributed by atoms with Gasteiger partial charge >= 0.3 is 0 Å². The Bertz CT molecular complexity index is 368. The summed E-state index contributed by atoms with van der Waals surface area (Å²) in [5, 5.41) is 0. The van der Waals surface area contributed by atoms with Crippen molar-refractivity contribution in [2.45, 2.75) is 6.43 Å². The van der Waals surface area contributed by atoms with E-state index in [1.54, 1.807) is 24.3 Å². The lowest BCUT2D eigenvalue weighted by molar-refractivity contribution is 0.0818. The van der Waals surface area contributed by atoms with Crippen LogP contribution in [0.5, 0.6) is 5.75 Å². The molecule has 0 fully saturated rings. The molecule has 15 heavy (non-hydrogen) atoms. The third kappa shape index (κ3) is 4.18. The number of benzene rings is 1. The standard InChI is InChI=1S/C11H9ClF2O/c12-7-3-5-9-4-1-2-6-10(9)15-8-11(13)14/h1-2,4,6,11H,7-8H2. The van der Waals surface area contributed by atoms with Gasteiger partial charge in [-0.2, -0.15) is 0 Å². The highest BCUT2D eigenvalue weighted by Crippen LogP contribution is 2.17. The van der Waals surface area contributed by atoms with Crippen molar-refractivity contribution in [3.05, 3.63) is 29.8 Å². The first kappa shape index (κ1) is 11.8. The molecule has 0 amide bonds. The lowest BCUT2D eigenvalue weighted by Gasteiger charge is -2.06. The van der Waals surface area contributed by atoms with Crippen LogP contribution >= 0.6 is 11.6 Å². The van der Waals surface area contributed by atoms with E-state index in [0.29, 0.717) is 11.3 Å². The van der Waals surface area contributed by atoms with Gasteiger partial charge in [0.25, 0.3) is 6.43 Å². The summed E-state index contributed by atoms with van der Waals surface area (Å²) in [5.74, 6) is 5.93. The molecule has 0 radical (unpaired) electrons. The maximum Gasteiger partial charge on any atom is 0.272 e. The number of para-hydroxylation sites is 1. The zero-order chi connectivity index (χ0) is 11.1. The monoisotopic (exact) mass is 230 g/mol. The van der Waals surface area contributed by atoms with Crippen LogP contribution in [0.3, 0.4) is 0 Å². The van der Waals surface area contributed by atoms with Gasteiger partial charge in [-0.05, 0) is 12.1 Å². The fraction of sp³-hybridized carbons (Fsp3) is 0.273. The van der Waals surface area contributed by atoms with Crippen LogP contribution < -0.4 is 4.74 Å². The zero-order valence-corrected chi connectivity index (χ0v) is 8.60. The van der Waals surface area contributed by atoms with Crippen molar-refractivity contribution < 1.29 is 13.5 Å². The normalized spacial score (nSPS) is 9.60. The first-order valence-electron chi connectivity index (χ1n) is 4.29. The van der Waals surface area contributed by atoms with Gasteiger partial charge in [-0.15, -0.1) is 11.6 Å². The van der Waals surface area contributed by atoms with Crippen molar-refractivity contribution in [1.29, 1.82) is 0 Å². The van der Waals surface area contributed by atoms with E-state index in [4.69, 9.17) is 16.3 Å². The van der Waals surface area contributed by atoms with E-state index in [0.717, 1.165) is 0 Å². The maximum absolute atomic E-state index is 11.9. The van der Waals surface area contributed by atoms with Crippen molar-refractivity contribution in [3.63, 3.8) is 0 Å². The summed E-state index contributed by atoms with van der Waals surface area (Å²) in [5.41, 5.74) is 0.568.